The maximum Gasteiger partial charge on any atom is 0.249 e. The molecule has 0 spiro atoms. The van der Waals surface area contributed by atoms with Gasteiger partial charge in [-0.05, 0) is 30.9 Å². The third kappa shape index (κ3) is 3.70. The van der Waals surface area contributed by atoms with Crippen LogP contribution in [0.1, 0.15) is 45.0 Å². The molecular formula is C19H23N5O3. The molecule has 3 heterocycles. The lowest BCUT2D eigenvalue weighted by Crippen LogP contribution is -2.37. The maximum atomic E-state index is 12.8. The molecule has 8 nitrogen and oxygen atoms in total. The lowest BCUT2D eigenvalue weighted by Gasteiger charge is -2.21. The molecule has 0 bridgehead atoms. The van der Waals surface area contributed by atoms with Gasteiger partial charge in [-0.2, -0.15) is 4.98 Å². The van der Waals surface area contributed by atoms with E-state index in [2.05, 4.69) is 20.4 Å². The SMILES string of the molecule is CC(C)C(NC(=O)C1CC(=O)N(C2CC2)C1)c1nc(-c2cccnc2)no1. The van der Waals surface area contributed by atoms with Gasteiger partial charge in [0.15, 0.2) is 0 Å². The van der Waals surface area contributed by atoms with E-state index in [0.717, 1.165) is 18.4 Å². The van der Waals surface area contributed by atoms with E-state index in [4.69, 9.17) is 4.52 Å². The molecule has 2 aromatic heterocycles. The van der Waals surface area contributed by atoms with E-state index in [1.807, 2.05) is 24.8 Å². The van der Waals surface area contributed by atoms with Crippen LogP contribution in [0.2, 0.25) is 0 Å². The fourth-order valence-electron chi connectivity index (χ4n) is 3.40. The highest BCUT2D eigenvalue weighted by Gasteiger charge is 2.42. The van der Waals surface area contributed by atoms with Crippen molar-refractivity contribution in [2.24, 2.45) is 11.8 Å². The number of hydrogen-bond donors (Lipinski definition) is 1. The molecule has 1 aliphatic carbocycles. The monoisotopic (exact) mass is 369 g/mol. The van der Waals surface area contributed by atoms with Crippen LogP contribution < -0.4 is 5.32 Å². The minimum absolute atomic E-state index is 0.0628. The molecule has 2 atom stereocenters. The van der Waals surface area contributed by atoms with E-state index in [9.17, 15) is 9.59 Å². The minimum Gasteiger partial charge on any atom is -0.344 e. The predicted octanol–water partition coefficient (Wildman–Crippen LogP) is 1.96. The normalized spacial score (nSPS) is 20.9. The molecule has 2 aliphatic rings. The summed E-state index contributed by atoms with van der Waals surface area (Å²) in [5, 5.41) is 7.02. The van der Waals surface area contributed by atoms with Crippen molar-refractivity contribution in [3.8, 4) is 11.4 Å². The van der Waals surface area contributed by atoms with Crippen LogP contribution in [0.4, 0.5) is 0 Å². The van der Waals surface area contributed by atoms with Gasteiger partial charge in [-0.3, -0.25) is 14.6 Å². The standard InChI is InChI=1S/C19H23N5O3/c1-11(2)16(19-22-17(23-27-19)12-4-3-7-20-9-12)21-18(26)13-8-15(25)24(10-13)14-5-6-14/h3-4,7,9,11,13-14,16H,5-6,8,10H2,1-2H3,(H,21,26). The number of rotatable bonds is 6. The Morgan fingerprint density at radius 3 is 2.85 bits per heavy atom. The summed E-state index contributed by atoms with van der Waals surface area (Å²) in [5.41, 5.74) is 0.753. The van der Waals surface area contributed by atoms with E-state index in [1.165, 1.54) is 0 Å². The summed E-state index contributed by atoms with van der Waals surface area (Å²) in [6.45, 7) is 4.47. The Balaban J connectivity index is 1.46. The molecule has 4 rings (SSSR count). The summed E-state index contributed by atoms with van der Waals surface area (Å²) in [6, 6.07) is 3.59. The van der Waals surface area contributed by atoms with Crippen molar-refractivity contribution in [2.75, 3.05) is 6.54 Å². The number of carbonyl (C=O) groups excluding carboxylic acids is 2. The third-order valence-electron chi connectivity index (χ3n) is 5.11. The Morgan fingerprint density at radius 2 is 2.19 bits per heavy atom. The van der Waals surface area contributed by atoms with Gasteiger partial charge in [0, 0.05) is 37.0 Å². The highest BCUT2D eigenvalue weighted by Crippen LogP contribution is 2.33. The van der Waals surface area contributed by atoms with Crippen LogP contribution in [0, 0.1) is 11.8 Å². The van der Waals surface area contributed by atoms with Crippen molar-refractivity contribution in [3.05, 3.63) is 30.4 Å². The largest absolute Gasteiger partial charge is 0.344 e. The zero-order valence-electron chi connectivity index (χ0n) is 15.5. The van der Waals surface area contributed by atoms with Gasteiger partial charge in [0.2, 0.25) is 23.5 Å². The van der Waals surface area contributed by atoms with Crippen LogP contribution >= 0.6 is 0 Å². The molecule has 1 N–H and O–H groups in total. The first-order valence-electron chi connectivity index (χ1n) is 9.36. The van der Waals surface area contributed by atoms with Gasteiger partial charge in [0.05, 0.1) is 5.92 Å². The summed E-state index contributed by atoms with van der Waals surface area (Å²) in [7, 11) is 0. The molecule has 1 aliphatic heterocycles. The van der Waals surface area contributed by atoms with Gasteiger partial charge in [0.1, 0.15) is 6.04 Å². The third-order valence-corrected chi connectivity index (χ3v) is 5.11. The molecule has 2 fully saturated rings. The topological polar surface area (TPSA) is 101 Å². The number of nitrogens with zero attached hydrogens (tertiary/aromatic N) is 4. The highest BCUT2D eigenvalue weighted by atomic mass is 16.5. The molecule has 0 aromatic carbocycles. The van der Waals surface area contributed by atoms with Gasteiger partial charge in [0.25, 0.3) is 0 Å². The average molecular weight is 369 g/mol. The van der Waals surface area contributed by atoms with Gasteiger partial charge in [-0.1, -0.05) is 19.0 Å². The van der Waals surface area contributed by atoms with E-state index >= 15 is 0 Å². The van der Waals surface area contributed by atoms with Crippen molar-refractivity contribution in [1.29, 1.82) is 0 Å². The molecule has 0 radical (unpaired) electrons. The minimum atomic E-state index is -0.402. The summed E-state index contributed by atoms with van der Waals surface area (Å²) in [6.07, 6.45) is 5.71. The fraction of sp³-hybridized carbons (Fsp3) is 0.526. The van der Waals surface area contributed by atoms with Crippen LogP contribution in [-0.2, 0) is 9.59 Å². The number of pyridine rings is 1. The molecule has 2 amide bonds. The van der Waals surface area contributed by atoms with Crippen LogP contribution in [0.3, 0.4) is 0 Å². The maximum absolute atomic E-state index is 12.8. The molecule has 27 heavy (non-hydrogen) atoms. The summed E-state index contributed by atoms with van der Waals surface area (Å²) in [4.78, 5) is 35.2. The Hall–Kier alpha value is -2.77. The lowest BCUT2D eigenvalue weighted by molar-refractivity contribution is -0.129. The molecular weight excluding hydrogens is 346 g/mol. The zero-order chi connectivity index (χ0) is 19.0. The Labute approximate surface area is 157 Å². The first-order valence-corrected chi connectivity index (χ1v) is 9.36. The Bertz CT molecular complexity index is 831. The van der Waals surface area contributed by atoms with Gasteiger partial charge in [-0.15, -0.1) is 0 Å². The second-order valence-corrected chi connectivity index (χ2v) is 7.61. The molecule has 1 saturated carbocycles. The van der Waals surface area contributed by atoms with Crippen LogP contribution in [0.15, 0.2) is 29.0 Å². The Kier molecular flexibility index (Phi) is 4.63. The summed E-state index contributed by atoms with van der Waals surface area (Å²) < 4.78 is 5.42. The van der Waals surface area contributed by atoms with E-state index in [1.54, 1.807) is 18.5 Å². The Morgan fingerprint density at radius 1 is 1.37 bits per heavy atom. The molecule has 2 unspecified atom stereocenters. The number of nitrogens with one attached hydrogen (secondary N) is 1. The second kappa shape index (κ2) is 7.09. The van der Waals surface area contributed by atoms with Crippen LogP contribution in [0.5, 0.6) is 0 Å². The first-order chi connectivity index (χ1) is 13.0. The van der Waals surface area contributed by atoms with Crippen molar-refractivity contribution >= 4 is 11.8 Å². The van der Waals surface area contributed by atoms with Crippen molar-refractivity contribution in [1.82, 2.24) is 25.3 Å². The summed E-state index contributed by atoms with van der Waals surface area (Å²) >= 11 is 0. The number of likely N-dealkylation sites (tertiary alicyclic amines) is 1. The van der Waals surface area contributed by atoms with Crippen molar-refractivity contribution in [3.63, 3.8) is 0 Å². The van der Waals surface area contributed by atoms with Crippen LogP contribution in [0.25, 0.3) is 11.4 Å². The molecule has 1 saturated heterocycles. The quantitative estimate of drug-likeness (QED) is 0.835. The average Bonchev–Trinajstić information content (AvgIpc) is 3.25. The van der Waals surface area contributed by atoms with Gasteiger partial charge >= 0.3 is 0 Å². The number of amides is 2. The van der Waals surface area contributed by atoms with Crippen LogP contribution in [-0.4, -0.2) is 44.4 Å². The second-order valence-electron chi connectivity index (χ2n) is 7.61. The van der Waals surface area contributed by atoms with Gasteiger partial charge < -0.3 is 14.7 Å². The van der Waals surface area contributed by atoms with E-state index in [-0.39, 0.29) is 30.1 Å². The van der Waals surface area contributed by atoms with E-state index in [0.29, 0.717) is 24.3 Å². The highest BCUT2D eigenvalue weighted by molar-refractivity contribution is 5.89. The van der Waals surface area contributed by atoms with Crippen molar-refractivity contribution in [2.45, 2.75) is 45.2 Å². The number of hydrogen-bond acceptors (Lipinski definition) is 6. The fourth-order valence-corrected chi connectivity index (χ4v) is 3.40. The summed E-state index contributed by atoms with van der Waals surface area (Å²) in [5.74, 6) is 0.490. The first kappa shape index (κ1) is 17.6. The van der Waals surface area contributed by atoms with Crippen molar-refractivity contribution < 1.29 is 14.1 Å². The van der Waals surface area contributed by atoms with E-state index < -0.39 is 6.04 Å². The lowest BCUT2D eigenvalue weighted by atomic mass is 10.0. The smallest absolute Gasteiger partial charge is 0.249 e. The molecule has 8 heteroatoms. The number of carbonyl (C=O) groups is 2. The van der Waals surface area contributed by atoms with Gasteiger partial charge in [-0.25, -0.2) is 0 Å². The molecule has 2 aromatic rings. The number of aromatic nitrogens is 3. The zero-order valence-corrected chi connectivity index (χ0v) is 15.5. The predicted molar refractivity (Wildman–Crippen MR) is 96.1 cm³/mol. The molecule has 142 valence electrons.